The molecule has 0 atom stereocenters. The Morgan fingerprint density at radius 2 is 2.06 bits per heavy atom. The molecule has 0 amide bonds. The van der Waals surface area contributed by atoms with E-state index in [1.54, 1.807) is 12.1 Å². The fourth-order valence-electron chi connectivity index (χ4n) is 1.80. The van der Waals surface area contributed by atoms with Crippen LogP contribution in [-0.4, -0.2) is 23.4 Å². The second kappa shape index (κ2) is 5.10. The van der Waals surface area contributed by atoms with Crippen LogP contribution in [0.4, 0.5) is 4.39 Å². The zero-order valence-corrected chi connectivity index (χ0v) is 10.1. The van der Waals surface area contributed by atoms with Crippen LogP contribution in [0.15, 0.2) is 30.5 Å². The van der Waals surface area contributed by atoms with E-state index < -0.39 is 0 Å². The minimum absolute atomic E-state index is 0.205. The zero-order chi connectivity index (χ0) is 12.3. The number of hydrogen-bond acceptors (Lipinski definition) is 2. The Hall–Kier alpha value is -1.68. The van der Waals surface area contributed by atoms with Gasteiger partial charge in [-0.1, -0.05) is 18.2 Å². The van der Waals surface area contributed by atoms with Gasteiger partial charge in [0, 0.05) is 23.9 Å². The maximum atomic E-state index is 13.7. The lowest BCUT2D eigenvalue weighted by molar-refractivity contribution is 0.581. The molecule has 1 aromatic heterocycles. The summed E-state index contributed by atoms with van der Waals surface area (Å²) in [6.07, 6.45) is 1.89. The number of likely N-dealkylation sites (N-methyl/N-ethyl adjacent to an activating group) is 1. The summed E-state index contributed by atoms with van der Waals surface area (Å²) >= 11 is 0. The van der Waals surface area contributed by atoms with E-state index in [2.05, 4.69) is 10.4 Å². The molecular formula is C13H16FN3. The van der Waals surface area contributed by atoms with Crippen LogP contribution in [0.1, 0.15) is 5.69 Å². The number of nitrogens with zero attached hydrogens (tertiary/aromatic N) is 2. The highest BCUT2D eigenvalue weighted by atomic mass is 19.1. The first-order valence-corrected chi connectivity index (χ1v) is 5.66. The van der Waals surface area contributed by atoms with Crippen molar-refractivity contribution in [1.29, 1.82) is 0 Å². The van der Waals surface area contributed by atoms with Gasteiger partial charge >= 0.3 is 0 Å². The van der Waals surface area contributed by atoms with Crippen molar-refractivity contribution in [3.63, 3.8) is 0 Å². The molecule has 0 bridgehead atoms. The van der Waals surface area contributed by atoms with Crippen molar-refractivity contribution >= 4 is 0 Å². The number of aryl methyl sites for hydroxylation is 1. The molecule has 0 aliphatic carbocycles. The van der Waals surface area contributed by atoms with Crippen molar-refractivity contribution in [2.45, 2.75) is 13.5 Å². The third-order valence-corrected chi connectivity index (χ3v) is 2.70. The molecule has 0 spiro atoms. The van der Waals surface area contributed by atoms with E-state index in [9.17, 15) is 4.39 Å². The van der Waals surface area contributed by atoms with Gasteiger partial charge in [0.05, 0.1) is 12.2 Å². The Balaban J connectivity index is 2.33. The molecule has 0 saturated heterocycles. The van der Waals surface area contributed by atoms with Crippen molar-refractivity contribution in [2.24, 2.45) is 0 Å². The smallest absolute Gasteiger partial charge is 0.131 e. The fraction of sp³-hybridized carbons (Fsp3) is 0.308. The molecule has 0 saturated carbocycles. The summed E-state index contributed by atoms with van der Waals surface area (Å²) < 4.78 is 15.5. The van der Waals surface area contributed by atoms with Crippen molar-refractivity contribution in [3.8, 4) is 11.1 Å². The summed E-state index contributed by atoms with van der Waals surface area (Å²) in [6.45, 7) is 3.53. The second-order valence-electron chi connectivity index (χ2n) is 3.97. The molecule has 1 heterocycles. The van der Waals surface area contributed by atoms with Crippen LogP contribution in [0.2, 0.25) is 0 Å². The van der Waals surface area contributed by atoms with E-state index in [0.717, 1.165) is 24.3 Å². The summed E-state index contributed by atoms with van der Waals surface area (Å²) in [7, 11) is 1.90. The highest BCUT2D eigenvalue weighted by Crippen LogP contribution is 2.24. The number of aromatic nitrogens is 2. The first-order chi connectivity index (χ1) is 8.22. The lowest BCUT2D eigenvalue weighted by atomic mass is 10.1. The molecule has 0 unspecified atom stereocenters. The highest BCUT2D eigenvalue weighted by Gasteiger charge is 2.10. The van der Waals surface area contributed by atoms with Crippen molar-refractivity contribution in [1.82, 2.24) is 15.1 Å². The Morgan fingerprint density at radius 3 is 2.76 bits per heavy atom. The van der Waals surface area contributed by atoms with Gasteiger partial charge in [-0.25, -0.2) is 4.39 Å². The van der Waals surface area contributed by atoms with E-state index in [4.69, 9.17) is 0 Å². The monoisotopic (exact) mass is 233 g/mol. The van der Waals surface area contributed by atoms with Crippen molar-refractivity contribution in [2.75, 3.05) is 13.6 Å². The van der Waals surface area contributed by atoms with E-state index in [0.29, 0.717) is 5.56 Å². The van der Waals surface area contributed by atoms with Gasteiger partial charge in [0.2, 0.25) is 0 Å². The maximum Gasteiger partial charge on any atom is 0.131 e. The molecule has 0 fully saturated rings. The summed E-state index contributed by atoms with van der Waals surface area (Å²) in [5.74, 6) is -0.205. The first-order valence-electron chi connectivity index (χ1n) is 5.66. The average Bonchev–Trinajstić information content (AvgIpc) is 2.68. The van der Waals surface area contributed by atoms with Gasteiger partial charge in [0.25, 0.3) is 0 Å². The van der Waals surface area contributed by atoms with Gasteiger partial charge in [-0.2, -0.15) is 5.10 Å². The Morgan fingerprint density at radius 1 is 1.29 bits per heavy atom. The minimum Gasteiger partial charge on any atom is -0.318 e. The Bertz CT molecular complexity index is 505. The van der Waals surface area contributed by atoms with Gasteiger partial charge in [0.15, 0.2) is 0 Å². The van der Waals surface area contributed by atoms with Crippen LogP contribution in [0.3, 0.4) is 0 Å². The van der Waals surface area contributed by atoms with Gasteiger partial charge in [0.1, 0.15) is 5.82 Å². The molecule has 17 heavy (non-hydrogen) atoms. The van der Waals surface area contributed by atoms with E-state index >= 15 is 0 Å². The number of rotatable bonds is 4. The number of nitrogens with one attached hydrogen (secondary N) is 1. The molecule has 0 aliphatic rings. The van der Waals surface area contributed by atoms with E-state index in [1.165, 1.54) is 6.07 Å². The SMILES string of the molecule is CNCCn1cc(-c2ccccc2F)c(C)n1. The Labute approximate surface area is 100 Å². The maximum absolute atomic E-state index is 13.7. The van der Waals surface area contributed by atoms with Crippen LogP contribution in [0.25, 0.3) is 11.1 Å². The summed E-state index contributed by atoms with van der Waals surface area (Å²) in [6, 6.07) is 6.78. The Kier molecular flexibility index (Phi) is 3.54. The van der Waals surface area contributed by atoms with Gasteiger partial charge in [-0.3, -0.25) is 4.68 Å². The molecule has 2 aromatic rings. The summed E-state index contributed by atoms with van der Waals surface area (Å²) in [5, 5.41) is 7.44. The summed E-state index contributed by atoms with van der Waals surface area (Å²) in [5.41, 5.74) is 2.33. The highest BCUT2D eigenvalue weighted by molar-refractivity contribution is 5.65. The predicted molar refractivity (Wildman–Crippen MR) is 66.3 cm³/mol. The van der Waals surface area contributed by atoms with Crippen LogP contribution >= 0.6 is 0 Å². The van der Waals surface area contributed by atoms with Crippen molar-refractivity contribution < 1.29 is 4.39 Å². The molecular weight excluding hydrogens is 217 g/mol. The van der Waals surface area contributed by atoms with Crippen LogP contribution < -0.4 is 5.32 Å². The van der Waals surface area contributed by atoms with E-state index in [1.807, 2.05) is 30.9 Å². The standard InChI is InChI=1S/C13H16FN3/c1-10-12(9-17(16-10)8-7-15-2)11-5-3-4-6-13(11)14/h3-6,9,15H,7-8H2,1-2H3. The van der Waals surface area contributed by atoms with Crippen LogP contribution in [0.5, 0.6) is 0 Å². The predicted octanol–water partition coefficient (Wildman–Crippen LogP) is 2.22. The van der Waals surface area contributed by atoms with E-state index in [-0.39, 0.29) is 5.82 Å². The van der Waals surface area contributed by atoms with Crippen LogP contribution in [-0.2, 0) is 6.54 Å². The largest absolute Gasteiger partial charge is 0.318 e. The lowest BCUT2D eigenvalue weighted by Gasteiger charge is -2.00. The van der Waals surface area contributed by atoms with Gasteiger partial charge in [-0.15, -0.1) is 0 Å². The number of hydrogen-bond donors (Lipinski definition) is 1. The molecule has 4 heteroatoms. The molecule has 90 valence electrons. The normalized spacial score (nSPS) is 10.8. The molecule has 1 aromatic carbocycles. The van der Waals surface area contributed by atoms with Gasteiger partial charge < -0.3 is 5.32 Å². The number of benzene rings is 1. The molecule has 1 N–H and O–H groups in total. The average molecular weight is 233 g/mol. The first kappa shape index (κ1) is 11.8. The third kappa shape index (κ3) is 2.53. The lowest BCUT2D eigenvalue weighted by Crippen LogP contribution is -2.15. The zero-order valence-electron chi connectivity index (χ0n) is 10.1. The quantitative estimate of drug-likeness (QED) is 0.877. The molecule has 0 aliphatic heterocycles. The minimum atomic E-state index is -0.205. The van der Waals surface area contributed by atoms with Gasteiger partial charge in [-0.05, 0) is 20.0 Å². The molecule has 0 radical (unpaired) electrons. The summed E-state index contributed by atoms with van der Waals surface area (Å²) in [4.78, 5) is 0. The fourth-order valence-corrected chi connectivity index (χ4v) is 1.80. The second-order valence-corrected chi connectivity index (χ2v) is 3.97. The van der Waals surface area contributed by atoms with Crippen LogP contribution in [0, 0.1) is 12.7 Å². The van der Waals surface area contributed by atoms with Crippen molar-refractivity contribution in [3.05, 3.63) is 42.0 Å². The molecule has 3 nitrogen and oxygen atoms in total. The third-order valence-electron chi connectivity index (χ3n) is 2.70. The number of halogens is 1. The molecule has 2 rings (SSSR count). The topological polar surface area (TPSA) is 29.9 Å².